The van der Waals surface area contributed by atoms with Crippen molar-refractivity contribution in [1.82, 2.24) is 29.5 Å². The molecule has 4 aromatic rings. The molecule has 0 unspecified atom stereocenters. The number of carbonyl (C=O) groups is 2. The van der Waals surface area contributed by atoms with Crippen LogP contribution in [0.15, 0.2) is 90.3 Å². The second-order valence-corrected chi connectivity index (χ2v) is 8.99. The first-order valence-corrected chi connectivity index (χ1v) is 12.4. The molecule has 1 saturated heterocycles. The van der Waals surface area contributed by atoms with Crippen LogP contribution in [0.3, 0.4) is 0 Å². The van der Waals surface area contributed by atoms with Gasteiger partial charge >= 0.3 is 0 Å². The number of para-hydroxylation sites is 1. The molecular weight excluding hydrogens is 460 g/mol. The van der Waals surface area contributed by atoms with Crippen LogP contribution in [0, 0.1) is 0 Å². The molecule has 0 saturated carbocycles. The second kappa shape index (κ2) is 10.5. The van der Waals surface area contributed by atoms with Crippen LogP contribution in [0.5, 0.6) is 0 Å². The van der Waals surface area contributed by atoms with Crippen LogP contribution in [0.1, 0.15) is 10.4 Å². The zero-order valence-electron chi connectivity index (χ0n) is 19.0. The van der Waals surface area contributed by atoms with Gasteiger partial charge in [0.2, 0.25) is 5.91 Å². The van der Waals surface area contributed by atoms with E-state index in [0.29, 0.717) is 42.7 Å². The van der Waals surface area contributed by atoms with Gasteiger partial charge in [-0.15, -0.1) is 10.2 Å². The van der Waals surface area contributed by atoms with Gasteiger partial charge < -0.3 is 9.80 Å². The monoisotopic (exact) mass is 484 g/mol. The van der Waals surface area contributed by atoms with Crippen LogP contribution < -0.4 is 0 Å². The largest absolute Gasteiger partial charge is 0.338 e. The van der Waals surface area contributed by atoms with Crippen molar-refractivity contribution in [2.24, 2.45) is 0 Å². The molecular formula is C26H24N6O2S. The molecule has 35 heavy (non-hydrogen) atoms. The average Bonchev–Trinajstić information content (AvgIpc) is 3.37. The summed E-state index contributed by atoms with van der Waals surface area (Å²) in [4.78, 5) is 33.5. The fraction of sp³-hybridized carbons (Fsp3) is 0.192. The molecule has 2 aromatic heterocycles. The summed E-state index contributed by atoms with van der Waals surface area (Å²) in [6.07, 6.45) is 3.47. The lowest BCUT2D eigenvalue weighted by molar-refractivity contribution is -0.129. The highest BCUT2D eigenvalue weighted by Gasteiger charge is 2.25. The summed E-state index contributed by atoms with van der Waals surface area (Å²) in [5.74, 6) is 0.940. The minimum atomic E-state index is 0.00553. The molecule has 2 aromatic carbocycles. The summed E-state index contributed by atoms with van der Waals surface area (Å²) in [6, 6.07) is 22.9. The Bertz CT molecular complexity index is 1290. The van der Waals surface area contributed by atoms with E-state index in [2.05, 4.69) is 15.2 Å². The van der Waals surface area contributed by atoms with Crippen LogP contribution in [0.4, 0.5) is 0 Å². The Balaban J connectivity index is 1.25. The Kier molecular flexibility index (Phi) is 6.85. The van der Waals surface area contributed by atoms with Gasteiger partial charge in [0.25, 0.3) is 5.91 Å². The first-order valence-electron chi connectivity index (χ1n) is 11.4. The van der Waals surface area contributed by atoms with E-state index >= 15 is 0 Å². The third-order valence-electron chi connectivity index (χ3n) is 5.83. The lowest BCUT2D eigenvalue weighted by Gasteiger charge is -2.34. The number of rotatable bonds is 6. The van der Waals surface area contributed by atoms with Gasteiger partial charge in [0.1, 0.15) is 0 Å². The van der Waals surface area contributed by atoms with E-state index in [1.54, 1.807) is 17.3 Å². The molecule has 176 valence electrons. The van der Waals surface area contributed by atoms with Crippen molar-refractivity contribution in [3.63, 3.8) is 0 Å². The average molecular weight is 485 g/mol. The maximum absolute atomic E-state index is 13.0. The zero-order chi connectivity index (χ0) is 24.0. The Morgan fingerprint density at radius 1 is 0.800 bits per heavy atom. The van der Waals surface area contributed by atoms with Crippen molar-refractivity contribution < 1.29 is 9.59 Å². The van der Waals surface area contributed by atoms with E-state index in [4.69, 9.17) is 0 Å². The minimum absolute atomic E-state index is 0.00553. The molecule has 1 aliphatic rings. The van der Waals surface area contributed by atoms with Crippen molar-refractivity contribution in [3.8, 4) is 17.1 Å². The number of hydrogen-bond acceptors (Lipinski definition) is 6. The lowest BCUT2D eigenvalue weighted by Crippen LogP contribution is -2.51. The van der Waals surface area contributed by atoms with E-state index in [9.17, 15) is 9.59 Å². The summed E-state index contributed by atoms with van der Waals surface area (Å²) in [5, 5.41) is 9.41. The van der Waals surface area contributed by atoms with E-state index in [1.165, 1.54) is 11.8 Å². The molecule has 0 bridgehead atoms. The fourth-order valence-electron chi connectivity index (χ4n) is 4.00. The summed E-state index contributed by atoms with van der Waals surface area (Å²) in [7, 11) is 0. The Hall–Kier alpha value is -3.98. The van der Waals surface area contributed by atoms with Gasteiger partial charge in [-0.25, -0.2) is 0 Å². The van der Waals surface area contributed by atoms with Gasteiger partial charge in [-0.2, -0.15) is 0 Å². The number of hydrogen-bond donors (Lipinski definition) is 0. The highest BCUT2D eigenvalue weighted by atomic mass is 32.2. The number of benzene rings is 2. The number of thioether (sulfide) groups is 1. The minimum Gasteiger partial charge on any atom is -0.338 e. The maximum atomic E-state index is 13.0. The highest BCUT2D eigenvalue weighted by Crippen LogP contribution is 2.27. The third kappa shape index (κ3) is 5.09. The first-order chi connectivity index (χ1) is 17.2. The standard InChI is InChI=1S/C26H24N6O2S/c33-23(30-14-16-31(17-15-30)25(34)20-8-3-1-4-9-20)19-35-26-29-28-24(21-10-7-13-27-18-21)32(26)22-11-5-2-6-12-22/h1-13,18H,14-17,19H2. The molecule has 5 rings (SSSR count). The molecule has 2 amide bonds. The Morgan fingerprint density at radius 3 is 2.17 bits per heavy atom. The van der Waals surface area contributed by atoms with Gasteiger partial charge in [-0.1, -0.05) is 48.2 Å². The maximum Gasteiger partial charge on any atom is 0.253 e. The number of amides is 2. The fourth-order valence-corrected chi connectivity index (χ4v) is 4.85. The topological polar surface area (TPSA) is 84.2 Å². The van der Waals surface area contributed by atoms with Gasteiger partial charge in [-0.3, -0.25) is 19.1 Å². The number of nitrogens with zero attached hydrogens (tertiary/aromatic N) is 6. The zero-order valence-corrected chi connectivity index (χ0v) is 19.8. The SMILES string of the molecule is O=C(CSc1nnc(-c2cccnc2)n1-c1ccccc1)N1CCN(C(=O)c2ccccc2)CC1. The molecule has 1 fully saturated rings. The van der Waals surface area contributed by atoms with Crippen molar-refractivity contribution >= 4 is 23.6 Å². The van der Waals surface area contributed by atoms with Gasteiger partial charge in [0.15, 0.2) is 11.0 Å². The molecule has 0 radical (unpaired) electrons. The summed E-state index contributed by atoms with van der Waals surface area (Å²) in [5.41, 5.74) is 2.44. The number of pyridine rings is 1. The first kappa shape index (κ1) is 22.8. The summed E-state index contributed by atoms with van der Waals surface area (Å²) in [6.45, 7) is 2.08. The van der Waals surface area contributed by atoms with Crippen molar-refractivity contribution in [3.05, 3.63) is 90.8 Å². The molecule has 0 aliphatic carbocycles. The Labute approximate surface area is 207 Å². The number of aromatic nitrogens is 4. The van der Waals surface area contributed by atoms with Crippen LogP contribution in [0.25, 0.3) is 17.1 Å². The molecule has 0 N–H and O–H groups in total. The highest BCUT2D eigenvalue weighted by molar-refractivity contribution is 7.99. The quantitative estimate of drug-likeness (QED) is 0.390. The van der Waals surface area contributed by atoms with E-state index in [1.807, 2.05) is 82.3 Å². The van der Waals surface area contributed by atoms with Gasteiger partial charge in [-0.05, 0) is 36.4 Å². The molecule has 3 heterocycles. The van der Waals surface area contributed by atoms with Crippen molar-refractivity contribution in [1.29, 1.82) is 0 Å². The van der Waals surface area contributed by atoms with Gasteiger partial charge in [0, 0.05) is 55.4 Å². The van der Waals surface area contributed by atoms with Crippen molar-refractivity contribution in [2.75, 3.05) is 31.9 Å². The Morgan fingerprint density at radius 2 is 1.49 bits per heavy atom. The molecule has 1 aliphatic heterocycles. The second-order valence-electron chi connectivity index (χ2n) is 8.05. The van der Waals surface area contributed by atoms with Crippen molar-refractivity contribution in [2.45, 2.75) is 5.16 Å². The molecule has 9 heteroatoms. The molecule has 8 nitrogen and oxygen atoms in total. The van der Waals surface area contributed by atoms with E-state index in [-0.39, 0.29) is 17.6 Å². The van der Waals surface area contributed by atoms with Crippen LogP contribution in [-0.2, 0) is 4.79 Å². The van der Waals surface area contributed by atoms with Crippen LogP contribution in [-0.4, -0.2) is 73.3 Å². The van der Waals surface area contributed by atoms with Crippen LogP contribution in [0.2, 0.25) is 0 Å². The number of carbonyl (C=O) groups excluding carboxylic acids is 2. The normalized spacial score (nSPS) is 13.6. The lowest BCUT2D eigenvalue weighted by atomic mass is 10.2. The van der Waals surface area contributed by atoms with Gasteiger partial charge in [0.05, 0.1) is 5.75 Å². The van der Waals surface area contributed by atoms with E-state index < -0.39 is 0 Å². The number of piperazine rings is 1. The third-order valence-corrected chi connectivity index (χ3v) is 6.75. The summed E-state index contributed by atoms with van der Waals surface area (Å²) >= 11 is 1.36. The predicted molar refractivity (Wildman–Crippen MR) is 134 cm³/mol. The molecule has 0 spiro atoms. The molecule has 0 atom stereocenters. The van der Waals surface area contributed by atoms with Crippen LogP contribution >= 0.6 is 11.8 Å². The predicted octanol–water partition coefficient (Wildman–Crippen LogP) is 3.41. The smallest absolute Gasteiger partial charge is 0.253 e. The summed E-state index contributed by atoms with van der Waals surface area (Å²) < 4.78 is 1.95. The van der Waals surface area contributed by atoms with E-state index in [0.717, 1.165) is 11.3 Å².